The van der Waals surface area contributed by atoms with Crippen LogP contribution in [0.3, 0.4) is 0 Å². The minimum absolute atomic E-state index is 0.0940. The van der Waals surface area contributed by atoms with Crippen LogP contribution in [0.15, 0.2) is 53.7 Å². The number of urea groups is 1. The average Bonchev–Trinajstić information content (AvgIpc) is 3.47. The van der Waals surface area contributed by atoms with Gasteiger partial charge in [0.1, 0.15) is 0 Å². The second-order valence-electron chi connectivity index (χ2n) is 7.18. The lowest BCUT2D eigenvalue weighted by Gasteiger charge is -2.35. The first-order valence-electron chi connectivity index (χ1n) is 9.92. The first-order chi connectivity index (χ1) is 15.2. The number of hydrogen-bond acceptors (Lipinski definition) is 6. The molecule has 5 rings (SSSR count). The Balaban J connectivity index is 1.56. The van der Waals surface area contributed by atoms with Gasteiger partial charge in [-0.3, -0.25) is 0 Å². The second-order valence-corrected chi connectivity index (χ2v) is 7.62. The smallest absolute Gasteiger partial charge is 0.317 e. The monoisotopic (exact) mass is 437 g/mol. The molecule has 0 aliphatic carbocycles. The Hall–Kier alpha value is -3.59. The van der Waals surface area contributed by atoms with Crippen LogP contribution in [0.5, 0.6) is 0 Å². The molecule has 31 heavy (non-hydrogen) atoms. The van der Waals surface area contributed by atoms with Gasteiger partial charge >= 0.3 is 6.03 Å². The molecule has 1 saturated heterocycles. The number of amides is 2. The molecule has 0 atom stereocenters. The third-order valence-electron chi connectivity index (χ3n) is 5.27. The quantitative estimate of drug-likeness (QED) is 0.493. The number of anilines is 1. The van der Waals surface area contributed by atoms with Crippen molar-refractivity contribution in [2.45, 2.75) is 0 Å². The summed E-state index contributed by atoms with van der Waals surface area (Å²) < 4.78 is 7.49. The molecule has 1 fully saturated rings. The summed E-state index contributed by atoms with van der Waals surface area (Å²) >= 11 is 6.22. The Bertz CT molecular complexity index is 1260. The maximum absolute atomic E-state index is 12.3. The minimum atomic E-state index is -0.0940. The molecule has 1 aromatic carbocycles. The molecule has 0 unspecified atom stereocenters. The van der Waals surface area contributed by atoms with Gasteiger partial charge in [0.05, 0.1) is 11.8 Å². The number of rotatable bonds is 4. The Morgan fingerprint density at radius 2 is 2.06 bits per heavy atom. The van der Waals surface area contributed by atoms with Crippen LogP contribution in [0.1, 0.15) is 0 Å². The highest BCUT2D eigenvalue weighted by molar-refractivity contribution is 6.31. The number of piperazine rings is 1. The maximum Gasteiger partial charge on any atom is 0.317 e. The van der Waals surface area contributed by atoms with Crippen molar-refractivity contribution in [1.29, 1.82) is 0 Å². The molecule has 9 nitrogen and oxygen atoms in total. The van der Waals surface area contributed by atoms with E-state index in [-0.39, 0.29) is 6.03 Å². The summed E-state index contributed by atoms with van der Waals surface area (Å²) in [7, 11) is 0. The Labute approximate surface area is 182 Å². The number of benzene rings is 1. The van der Waals surface area contributed by atoms with E-state index in [9.17, 15) is 4.79 Å². The van der Waals surface area contributed by atoms with Gasteiger partial charge in [0, 0.05) is 43.1 Å². The van der Waals surface area contributed by atoms with Crippen molar-refractivity contribution in [2.24, 2.45) is 0 Å². The van der Waals surface area contributed by atoms with Gasteiger partial charge in [-0.05, 0) is 30.3 Å². The normalized spacial score (nSPS) is 14.4. The number of furan rings is 1. The molecule has 1 aliphatic rings. The van der Waals surface area contributed by atoms with Gasteiger partial charge in [-0.25, -0.2) is 14.2 Å². The summed E-state index contributed by atoms with van der Waals surface area (Å²) in [5, 5.41) is 13.1. The summed E-state index contributed by atoms with van der Waals surface area (Å²) in [5.41, 5.74) is 1.41. The van der Waals surface area contributed by atoms with E-state index in [2.05, 4.69) is 27.0 Å². The largest absolute Gasteiger partial charge is 0.461 e. The summed E-state index contributed by atoms with van der Waals surface area (Å²) in [6.45, 7) is 6.44. The number of nitrogens with zero attached hydrogens (tertiary/aromatic N) is 6. The molecule has 1 aliphatic heterocycles. The van der Waals surface area contributed by atoms with Crippen LogP contribution in [0.2, 0.25) is 5.02 Å². The average molecular weight is 438 g/mol. The van der Waals surface area contributed by atoms with E-state index in [4.69, 9.17) is 21.0 Å². The molecule has 0 radical (unpaired) electrons. The molecule has 0 saturated carbocycles. The molecule has 2 amide bonds. The third-order valence-corrected chi connectivity index (χ3v) is 5.51. The first kappa shape index (κ1) is 19.4. The molecule has 1 N–H and O–H groups in total. The number of fused-ring (bicyclic) bond motifs is 3. The summed E-state index contributed by atoms with van der Waals surface area (Å²) in [6.07, 6.45) is 3.27. The molecule has 158 valence electrons. The lowest BCUT2D eigenvalue weighted by molar-refractivity contribution is 0.195. The minimum Gasteiger partial charge on any atom is -0.461 e. The van der Waals surface area contributed by atoms with Crippen LogP contribution < -0.4 is 10.2 Å². The fourth-order valence-corrected chi connectivity index (χ4v) is 3.92. The van der Waals surface area contributed by atoms with Crippen molar-refractivity contribution in [3.63, 3.8) is 0 Å². The fraction of sp³-hybridized carbons (Fsp3) is 0.238. The topological polar surface area (TPSA) is 91.8 Å². The van der Waals surface area contributed by atoms with E-state index >= 15 is 0 Å². The van der Waals surface area contributed by atoms with Crippen LogP contribution in [-0.4, -0.2) is 63.2 Å². The van der Waals surface area contributed by atoms with Crippen LogP contribution >= 0.6 is 11.6 Å². The van der Waals surface area contributed by atoms with Gasteiger partial charge in [0.25, 0.3) is 0 Å². The molecule has 4 heterocycles. The lowest BCUT2D eigenvalue weighted by atomic mass is 10.2. The zero-order chi connectivity index (χ0) is 21.4. The van der Waals surface area contributed by atoms with Crippen molar-refractivity contribution in [3.05, 3.63) is 54.3 Å². The summed E-state index contributed by atoms with van der Waals surface area (Å²) in [5.74, 6) is 1.86. The maximum atomic E-state index is 12.3. The predicted octanol–water partition coefficient (Wildman–Crippen LogP) is 3.21. The van der Waals surface area contributed by atoms with E-state index in [1.54, 1.807) is 17.2 Å². The number of carbonyl (C=O) groups excluding carboxylic acids is 1. The van der Waals surface area contributed by atoms with Crippen LogP contribution in [0.25, 0.3) is 28.1 Å². The van der Waals surface area contributed by atoms with Crippen LogP contribution in [0.4, 0.5) is 10.7 Å². The lowest BCUT2D eigenvalue weighted by Crippen LogP contribution is -2.52. The molecule has 10 heteroatoms. The van der Waals surface area contributed by atoms with Gasteiger partial charge in [0.15, 0.2) is 11.4 Å². The van der Waals surface area contributed by atoms with Gasteiger partial charge < -0.3 is 19.5 Å². The number of aromatic nitrogens is 4. The number of hydrogen-bond donors (Lipinski definition) is 1. The summed E-state index contributed by atoms with van der Waals surface area (Å²) in [4.78, 5) is 21.1. The third kappa shape index (κ3) is 3.46. The number of carbonyl (C=O) groups is 1. The van der Waals surface area contributed by atoms with Crippen molar-refractivity contribution < 1.29 is 9.21 Å². The Morgan fingerprint density at radius 3 is 2.81 bits per heavy atom. The molecule has 0 bridgehead atoms. The predicted molar refractivity (Wildman–Crippen MR) is 118 cm³/mol. The molecule has 4 aromatic rings. The van der Waals surface area contributed by atoms with Crippen molar-refractivity contribution in [3.8, 4) is 11.6 Å². The molecule has 3 aromatic heterocycles. The second kappa shape index (κ2) is 7.92. The standard InChI is InChI=1S/C21H20ClN7O2/c1-2-7-23-21(30)28-10-8-27(9-11-28)20-24-16-13-14(22)5-6-15(16)18-25-26-19(29(18)20)17-4-3-12-31-17/h2-6,12-13H,1,7-11H2,(H,23,30). The zero-order valence-electron chi connectivity index (χ0n) is 16.7. The van der Waals surface area contributed by atoms with Crippen LogP contribution in [0, 0.1) is 0 Å². The highest BCUT2D eigenvalue weighted by Crippen LogP contribution is 2.30. The zero-order valence-corrected chi connectivity index (χ0v) is 17.4. The summed E-state index contributed by atoms with van der Waals surface area (Å²) in [6, 6.07) is 9.09. The van der Waals surface area contributed by atoms with E-state index in [1.165, 1.54) is 0 Å². The highest BCUT2D eigenvalue weighted by Gasteiger charge is 2.26. The van der Waals surface area contributed by atoms with E-state index in [0.29, 0.717) is 60.9 Å². The van der Waals surface area contributed by atoms with E-state index < -0.39 is 0 Å². The van der Waals surface area contributed by atoms with E-state index in [0.717, 1.165) is 10.9 Å². The van der Waals surface area contributed by atoms with Crippen LogP contribution in [-0.2, 0) is 0 Å². The number of halogens is 1. The van der Waals surface area contributed by atoms with Crippen molar-refractivity contribution >= 4 is 40.1 Å². The number of nitrogens with one attached hydrogen (secondary N) is 1. The SMILES string of the molecule is C=CCNC(=O)N1CCN(c2nc3cc(Cl)ccc3c3nnc(-c4ccco4)n23)CC1. The molecule has 0 spiro atoms. The highest BCUT2D eigenvalue weighted by atomic mass is 35.5. The van der Waals surface area contributed by atoms with Gasteiger partial charge in [-0.2, -0.15) is 0 Å². The molecular weight excluding hydrogens is 418 g/mol. The first-order valence-corrected chi connectivity index (χ1v) is 10.3. The van der Waals surface area contributed by atoms with E-state index in [1.807, 2.05) is 34.7 Å². The Kier molecular flexibility index (Phi) is 4.95. The van der Waals surface area contributed by atoms with Gasteiger partial charge in [-0.15, -0.1) is 16.8 Å². The van der Waals surface area contributed by atoms with Gasteiger partial charge in [-0.1, -0.05) is 17.7 Å². The van der Waals surface area contributed by atoms with Crippen molar-refractivity contribution in [1.82, 2.24) is 29.8 Å². The van der Waals surface area contributed by atoms with Gasteiger partial charge in [0.2, 0.25) is 11.8 Å². The molecular formula is C21H20ClN7O2. The van der Waals surface area contributed by atoms with Crippen molar-refractivity contribution in [2.75, 3.05) is 37.6 Å². The fourth-order valence-electron chi connectivity index (χ4n) is 3.75. The Morgan fingerprint density at radius 1 is 1.23 bits per heavy atom.